The molecule has 3 aromatic carbocycles. The van der Waals surface area contributed by atoms with Gasteiger partial charge in [0, 0.05) is 6.04 Å². The molecule has 41 heavy (non-hydrogen) atoms. The molecule has 1 saturated heterocycles. The van der Waals surface area contributed by atoms with Gasteiger partial charge in [-0.1, -0.05) is 49.1 Å². The molecule has 0 spiro atoms. The van der Waals surface area contributed by atoms with Gasteiger partial charge in [0.05, 0.1) is 17.2 Å². The largest absolute Gasteiger partial charge is 0.490 e. The minimum atomic E-state index is 0.0221. The molecule has 6 rings (SSSR count). The zero-order valence-electron chi connectivity index (χ0n) is 23.4. The van der Waals surface area contributed by atoms with Crippen LogP contribution in [0.2, 0.25) is 0 Å². The molecule has 2 aliphatic heterocycles. The highest BCUT2D eigenvalue weighted by Crippen LogP contribution is 2.40. The average Bonchev–Trinajstić information content (AvgIpc) is 3.58. The predicted molar refractivity (Wildman–Crippen MR) is 162 cm³/mol. The molecule has 0 bridgehead atoms. The number of aliphatic imine (C=N–C) groups is 1. The van der Waals surface area contributed by atoms with Crippen molar-refractivity contribution in [2.45, 2.75) is 58.6 Å². The van der Waals surface area contributed by atoms with Gasteiger partial charge in [0.15, 0.2) is 28.2 Å². The number of amides is 1. The van der Waals surface area contributed by atoms with Crippen LogP contribution >= 0.6 is 11.8 Å². The van der Waals surface area contributed by atoms with Crippen molar-refractivity contribution < 1.29 is 23.7 Å². The zero-order chi connectivity index (χ0) is 28.2. The fourth-order valence-electron chi connectivity index (χ4n) is 5.30. The maximum absolute atomic E-state index is 13.8. The van der Waals surface area contributed by atoms with E-state index in [9.17, 15) is 4.79 Å². The first-order valence-corrected chi connectivity index (χ1v) is 15.1. The summed E-state index contributed by atoms with van der Waals surface area (Å²) in [7, 11) is 0. The predicted octanol–water partition coefficient (Wildman–Crippen LogP) is 7.64. The van der Waals surface area contributed by atoms with Crippen LogP contribution in [0.5, 0.6) is 23.0 Å². The highest BCUT2D eigenvalue weighted by Gasteiger charge is 2.38. The maximum atomic E-state index is 13.8. The lowest BCUT2D eigenvalue weighted by Gasteiger charge is -2.30. The number of nitrogens with zero attached hydrogens (tertiary/aromatic N) is 2. The Kier molecular flexibility index (Phi) is 8.19. The molecule has 3 aromatic rings. The van der Waals surface area contributed by atoms with E-state index in [1.165, 1.54) is 23.7 Å². The van der Waals surface area contributed by atoms with Gasteiger partial charge in [0.1, 0.15) is 6.61 Å². The van der Waals surface area contributed by atoms with Crippen LogP contribution in [0.1, 0.15) is 55.7 Å². The van der Waals surface area contributed by atoms with E-state index in [2.05, 4.69) is 6.92 Å². The molecule has 0 aromatic heterocycles. The Hall–Kier alpha value is -3.91. The summed E-state index contributed by atoms with van der Waals surface area (Å²) in [5.41, 5.74) is 3.89. The number of aryl methyl sites for hydroxylation is 1. The van der Waals surface area contributed by atoms with E-state index in [4.69, 9.17) is 23.9 Å². The Morgan fingerprint density at radius 1 is 0.951 bits per heavy atom. The lowest BCUT2D eigenvalue weighted by Crippen LogP contribution is -2.40. The molecule has 2 heterocycles. The number of carbonyl (C=O) groups is 1. The van der Waals surface area contributed by atoms with Crippen LogP contribution in [0.3, 0.4) is 0 Å². The van der Waals surface area contributed by atoms with Crippen LogP contribution in [0.4, 0.5) is 5.69 Å². The quantitative estimate of drug-likeness (QED) is 0.259. The van der Waals surface area contributed by atoms with Crippen LogP contribution in [-0.4, -0.2) is 35.4 Å². The summed E-state index contributed by atoms with van der Waals surface area (Å²) in [6, 6.07) is 19.9. The van der Waals surface area contributed by atoms with Crippen molar-refractivity contribution >= 4 is 34.6 Å². The molecule has 212 valence electrons. The molecular weight excluding hydrogens is 536 g/mol. The van der Waals surface area contributed by atoms with Gasteiger partial charge >= 0.3 is 0 Å². The number of hydrogen-bond donors (Lipinski definition) is 0. The summed E-state index contributed by atoms with van der Waals surface area (Å²) in [6.45, 7) is 5.10. The van der Waals surface area contributed by atoms with E-state index in [0.29, 0.717) is 29.6 Å². The second-order valence-corrected chi connectivity index (χ2v) is 11.4. The van der Waals surface area contributed by atoms with E-state index in [0.717, 1.165) is 59.2 Å². The lowest BCUT2D eigenvalue weighted by molar-refractivity contribution is -0.124. The molecule has 0 N–H and O–H groups in total. The molecule has 8 heteroatoms. The molecule has 2 fully saturated rings. The fraction of sp³-hybridized carbons (Fsp3) is 0.333. The molecule has 1 aliphatic carbocycles. The van der Waals surface area contributed by atoms with Gasteiger partial charge in [-0.25, -0.2) is 4.99 Å². The topological polar surface area (TPSA) is 69.6 Å². The van der Waals surface area contributed by atoms with Crippen LogP contribution in [-0.2, 0) is 11.4 Å². The number of carbonyl (C=O) groups excluding carboxylic acids is 1. The summed E-state index contributed by atoms with van der Waals surface area (Å²) in [5, 5.41) is 0.755. The van der Waals surface area contributed by atoms with Crippen molar-refractivity contribution in [3.05, 3.63) is 82.3 Å². The third-order valence-electron chi connectivity index (χ3n) is 7.43. The number of hydrogen-bond acceptors (Lipinski definition) is 7. The number of benzene rings is 3. The Balaban J connectivity index is 1.24. The SMILES string of the molecule is CCOc1cc(/C=C2/SC(=Nc3ccc(C)cc3)N(C3CCCCC3)C2=O)ccc1OCc1ccc2c(c1)OCO2. The Bertz CT molecular complexity index is 1480. The Morgan fingerprint density at radius 3 is 2.56 bits per heavy atom. The van der Waals surface area contributed by atoms with Gasteiger partial charge in [0.2, 0.25) is 6.79 Å². The number of amidine groups is 1. The summed E-state index contributed by atoms with van der Waals surface area (Å²) in [5.74, 6) is 2.77. The molecule has 0 atom stereocenters. The smallest absolute Gasteiger partial charge is 0.267 e. The third kappa shape index (κ3) is 6.22. The third-order valence-corrected chi connectivity index (χ3v) is 8.42. The zero-order valence-corrected chi connectivity index (χ0v) is 24.2. The number of fused-ring (bicyclic) bond motifs is 1. The van der Waals surface area contributed by atoms with E-state index < -0.39 is 0 Å². The van der Waals surface area contributed by atoms with Crippen molar-refractivity contribution in [2.75, 3.05) is 13.4 Å². The van der Waals surface area contributed by atoms with Gasteiger partial charge in [0.25, 0.3) is 5.91 Å². The van der Waals surface area contributed by atoms with Crippen molar-refractivity contribution in [2.24, 2.45) is 4.99 Å². The number of thioether (sulfide) groups is 1. The summed E-state index contributed by atoms with van der Waals surface area (Å²) >= 11 is 1.45. The van der Waals surface area contributed by atoms with Crippen molar-refractivity contribution in [1.82, 2.24) is 4.90 Å². The van der Waals surface area contributed by atoms with Gasteiger partial charge in [-0.15, -0.1) is 0 Å². The second-order valence-electron chi connectivity index (χ2n) is 10.4. The van der Waals surface area contributed by atoms with Crippen LogP contribution in [0.25, 0.3) is 6.08 Å². The van der Waals surface area contributed by atoms with E-state index in [1.807, 2.05) is 78.6 Å². The van der Waals surface area contributed by atoms with Crippen molar-refractivity contribution in [3.8, 4) is 23.0 Å². The van der Waals surface area contributed by atoms with Crippen LogP contribution in [0, 0.1) is 6.92 Å². The van der Waals surface area contributed by atoms with Crippen molar-refractivity contribution in [3.63, 3.8) is 0 Å². The monoisotopic (exact) mass is 570 g/mol. The maximum Gasteiger partial charge on any atom is 0.267 e. The first kappa shape index (κ1) is 27.3. The number of ether oxygens (including phenoxy) is 4. The van der Waals surface area contributed by atoms with Crippen LogP contribution in [0.15, 0.2) is 70.6 Å². The standard InChI is InChI=1S/C33H34N2O5S/c1-3-37-29-17-23(11-15-27(29)38-20-24-12-16-28-30(18-24)40-21-39-28)19-31-32(36)35(26-7-5-4-6-8-26)33(41-31)34-25-13-9-22(2)10-14-25/h9-19,26H,3-8,20-21H2,1-2H3/b31-19+,34-33?. The molecule has 1 amide bonds. The molecular formula is C33H34N2O5S. The van der Waals surface area contributed by atoms with Crippen molar-refractivity contribution in [1.29, 1.82) is 0 Å². The first-order chi connectivity index (χ1) is 20.1. The van der Waals surface area contributed by atoms with E-state index in [1.54, 1.807) is 0 Å². The average molecular weight is 571 g/mol. The summed E-state index contributed by atoms with van der Waals surface area (Å²) in [4.78, 5) is 21.3. The van der Waals surface area contributed by atoms with E-state index >= 15 is 0 Å². The Morgan fingerprint density at radius 2 is 1.76 bits per heavy atom. The minimum absolute atomic E-state index is 0.0221. The van der Waals surface area contributed by atoms with Gasteiger partial charge < -0.3 is 18.9 Å². The summed E-state index contributed by atoms with van der Waals surface area (Å²) in [6.07, 6.45) is 7.46. The van der Waals surface area contributed by atoms with Gasteiger partial charge in [-0.05, 0) is 92.1 Å². The molecule has 1 saturated carbocycles. The van der Waals surface area contributed by atoms with Crippen LogP contribution < -0.4 is 18.9 Å². The normalized spacial score (nSPS) is 18.9. The number of rotatable bonds is 8. The lowest BCUT2D eigenvalue weighted by atomic mass is 9.94. The second kappa shape index (κ2) is 12.3. The first-order valence-electron chi connectivity index (χ1n) is 14.2. The summed E-state index contributed by atoms with van der Waals surface area (Å²) < 4.78 is 22.9. The van der Waals surface area contributed by atoms with E-state index in [-0.39, 0.29) is 18.7 Å². The molecule has 3 aliphatic rings. The minimum Gasteiger partial charge on any atom is -0.490 e. The highest BCUT2D eigenvalue weighted by molar-refractivity contribution is 8.18. The highest BCUT2D eigenvalue weighted by atomic mass is 32.2. The van der Waals surface area contributed by atoms with Gasteiger partial charge in [-0.2, -0.15) is 0 Å². The Labute approximate surface area is 245 Å². The fourth-order valence-corrected chi connectivity index (χ4v) is 6.36. The molecule has 7 nitrogen and oxygen atoms in total. The molecule has 0 radical (unpaired) electrons. The van der Waals surface area contributed by atoms with Gasteiger partial charge in [-0.3, -0.25) is 9.69 Å². The molecule has 0 unspecified atom stereocenters.